The monoisotopic (exact) mass is 721 g/mol. The van der Waals surface area contributed by atoms with Crippen molar-refractivity contribution >= 4 is 50.8 Å². The predicted molar refractivity (Wildman–Crippen MR) is 227 cm³/mol. The highest BCUT2D eigenvalue weighted by Crippen LogP contribution is 2.63. The maximum atomic E-state index is 6.97. The Labute approximate surface area is 324 Å². The number of rotatable bonds is 3. The van der Waals surface area contributed by atoms with E-state index in [4.69, 9.17) is 4.42 Å². The first-order chi connectivity index (χ1) is 27.0. The molecule has 0 saturated carbocycles. The number of para-hydroxylation sites is 1. The Bertz CT molecular complexity index is 3020. The zero-order valence-corrected chi connectivity index (χ0v) is 31.3. The number of nitrogens with zero attached hydrogens (tertiary/aromatic N) is 1. The highest BCUT2D eigenvalue weighted by molar-refractivity contribution is 7.99. The lowest BCUT2D eigenvalue weighted by Gasteiger charge is -2.39. The Morgan fingerprint density at radius 2 is 1.05 bits per heavy atom. The lowest BCUT2D eigenvalue weighted by molar-refractivity contribution is 0.660. The Hall–Kier alpha value is -6.29. The molecule has 0 fully saturated rings. The van der Waals surface area contributed by atoms with Crippen LogP contribution in [0.4, 0.5) is 17.1 Å². The van der Waals surface area contributed by atoms with Crippen molar-refractivity contribution in [1.29, 1.82) is 0 Å². The van der Waals surface area contributed by atoms with Crippen molar-refractivity contribution < 1.29 is 4.42 Å². The van der Waals surface area contributed by atoms with Crippen molar-refractivity contribution in [2.75, 3.05) is 4.90 Å². The minimum atomic E-state index is -0.453. The SMILES string of the molecule is CC1(C)c2ccccc2-c2ccc(N(c3ccccc3)c3cccc4oc5cc6c(cc5c34)-c3ccccc3C63c4ccccc4Sc4ccccc43)cc21. The van der Waals surface area contributed by atoms with E-state index in [1.807, 2.05) is 11.8 Å². The van der Waals surface area contributed by atoms with E-state index in [-0.39, 0.29) is 5.41 Å². The number of furan rings is 1. The summed E-state index contributed by atoms with van der Waals surface area (Å²) in [5.41, 5.74) is 17.7. The zero-order valence-electron chi connectivity index (χ0n) is 30.5. The minimum Gasteiger partial charge on any atom is -0.456 e. The van der Waals surface area contributed by atoms with E-state index in [0.717, 1.165) is 39.0 Å². The summed E-state index contributed by atoms with van der Waals surface area (Å²) in [6.07, 6.45) is 0. The summed E-state index contributed by atoms with van der Waals surface area (Å²) in [6, 6.07) is 64.9. The van der Waals surface area contributed by atoms with Gasteiger partial charge < -0.3 is 9.32 Å². The summed E-state index contributed by atoms with van der Waals surface area (Å²) < 4.78 is 6.97. The second kappa shape index (κ2) is 11.1. The fraction of sp³-hybridized carbons (Fsp3) is 0.0769. The first-order valence-electron chi connectivity index (χ1n) is 19.1. The first-order valence-corrected chi connectivity index (χ1v) is 19.9. The lowest BCUT2D eigenvalue weighted by atomic mass is 9.67. The average molecular weight is 722 g/mol. The maximum Gasteiger partial charge on any atom is 0.137 e. The van der Waals surface area contributed by atoms with Crippen molar-refractivity contribution in [3.8, 4) is 22.3 Å². The topological polar surface area (TPSA) is 16.4 Å². The molecule has 0 bridgehead atoms. The van der Waals surface area contributed by atoms with Crippen molar-refractivity contribution in [3.63, 3.8) is 0 Å². The second-order valence-corrected chi connectivity index (χ2v) is 16.7. The van der Waals surface area contributed by atoms with E-state index in [1.54, 1.807) is 0 Å². The number of fused-ring (bicyclic) bond motifs is 15. The molecule has 0 radical (unpaired) electrons. The third kappa shape index (κ3) is 4.06. The molecule has 3 heteroatoms. The molecule has 1 aromatic heterocycles. The second-order valence-electron chi connectivity index (χ2n) is 15.6. The van der Waals surface area contributed by atoms with Crippen LogP contribution in [-0.4, -0.2) is 0 Å². The fourth-order valence-electron chi connectivity index (χ4n) is 10.2. The molecule has 0 unspecified atom stereocenters. The van der Waals surface area contributed by atoms with E-state index in [2.05, 4.69) is 195 Å². The smallest absolute Gasteiger partial charge is 0.137 e. The van der Waals surface area contributed by atoms with Gasteiger partial charge in [-0.15, -0.1) is 0 Å². The summed E-state index contributed by atoms with van der Waals surface area (Å²) in [5.74, 6) is 0. The molecule has 2 heterocycles. The molecule has 12 rings (SSSR count). The summed E-state index contributed by atoms with van der Waals surface area (Å²) >= 11 is 1.88. The van der Waals surface area contributed by atoms with Gasteiger partial charge in [0.15, 0.2) is 0 Å². The normalized spacial score (nSPS) is 14.9. The molecule has 0 saturated heterocycles. The van der Waals surface area contributed by atoms with Gasteiger partial charge in [-0.2, -0.15) is 0 Å². The summed E-state index contributed by atoms with van der Waals surface area (Å²) in [6.45, 7) is 4.71. The standard InChI is InChI=1S/C52H35NOS/c1-51(2)39-19-8-6-17-34(39)36-28-27-33(29-43(36)51)53(32-15-4-3-5-16-32)45-23-14-24-46-50(45)38-30-37-35-18-7-9-20-40(35)52(44(37)31-47(38)54-46)41-21-10-12-25-48(41)55-49-26-13-11-22-42(49)52/h3-31H,1-2H3. The van der Waals surface area contributed by atoms with Gasteiger partial charge in [-0.3, -0.25) is 0 Å². The molecule has 0 atom stereocenters. The van der Waals surface area contributed by atoms with Crippen LogP contribution >= 0.6 is 11.8 Å². The predicted octanol–water partition coefficient (Wildman–Crippen LogP) is 14.2. The quantitative estimate of drug-likeness (QED) is 0.181. The van der Waals surface area contributed by atoms with Crippen LogP contribution in [0.2, 0.25) is 0 Å². The third-order valence-electron chi connectivity index (χ3n) is 12.5. The van der Waals surface area contributed by atoms with Gasteiger partial charge in [0.25, 0.3) is 0 Å². The van der Waals surface area contributed by atoms with Crippen LogP contribution in [0, 0.1) is 0 Å². The van der Waals surface area contributed by atoms with E-state index >= 15 is 0 Å². The van der Waals surface area contributed by atoms with Gasteiger partial charge >= 0.3 is 0 Å². The Morgan fingerprint density at radius 1 is 0.436 bits per heavy atom. The van der Waals surface area contributed by atoms with Crippen LogP contribution in [0.15, 0.2) is 190 Å². The largest absolute Gasteiger partial charge is 0.456 e. The van der Waals surface area contributed by atoms with Crippen LogP contribution in [0.1, 0.15) is 47.2 Å². The van der Waals surface area contributed by atoms with E-state index in [9.17, 15) is 0 Å². The van der Waals surface area contributed by atoms with E-state index in [0.29, 0.717) is 0 Å². The van der Waals surface area contributed by atoms with Crippen molar-refractivity contribution in [1.82, 2.24) is 0 Å². The number of benzene rings is 8. The molecule has 1 aliphatic heterocycles. The van der Waals surface area contributed by atoms with E-state index in [1.165, 1.54) is 65.4 Å². The molecule has 1 spiro atoms. The van der Waals surface area contributed by atoms with Gasteiger partial charge in [-0.05, 0) is 116 Å². The van der Waals surface area contributed by atoms with Crippen LogP contribution in [0.25, 0.3) is 44.2 Å². The zero-order chi connectivity index (χ0) is 36.5. The van der Waals surface area contributed by atoms with Gasteiger partial charge in [0.05, 0.1) is 16.5 Å². The molecule has 55 heavy (non-hydrogen) atoms. The Morgan fingerprint density at radius 3 is 1.80 bits per heavy atom. The molecule has 8 aromatic carbocycles. The van der Waals surface area contributed by atoms with Crippen LogP contribution in [0.5, 0.6) is 0 Å². The summed E-state index contributed by atoms with van der Waals surface area (Å²) in [4.78, 5) is 5.02. The summed E-state index contributed by atoms with van der Waals surface area (Å²) in [7, 11) is 0. The molecular weight excluding hydrogens is 687 g/mol. The van der Waals surface area contributed by atoms with Crippen molar-refractivity contribution in [2.45, 2.75) is 34.5 Å². The van der Waals surface area contributed by atoms with Gasteiger partial charge in [0.2, 0.25) is 0 Å². The molecule has 0 amide bonds. The number of hydrogen-bond acceptors (Lipinski definition) is 3. The lowest BCUT2D eigenvalue weighted by Crippen LogP contribution is -2.31. The van der Waals surface area contributed by atoms with Crippen molar-refractivity contribution in [2.24, 2.45) is 0 Å². The number of hydrogen-bond donors (Lipinski definition) is 0. The highest BCUT2D eigenvalue weighted by Gasteiger charge is 2.50. The molecular formula is C52H35NOS. The molecule has 9 aromatic rings. The maximum absolute atomic E-state index is 6.97. The Kier molecular flexibility index (Phi) is 6.29. The van der Waals surface area contributed by atoms with E-state index < -0.39 is 5.41 Å². The molecule has 3 aliphatic rings. The van der Waals surface area contributed by atoms with Crippen LogP contribution < -0.4 is 4.90 Å². The molecule has 260 valence electrons. The average Bonchev–Trinajstić information content (AvgIpc) is 3.82. The first kappa shape index (κ1) is 31.1. The van der Waals surface area contributed by atoms with Gasteiger partial charge in [-0.25, -0.2) is 0 Å². The van der Waals surface area contributed by atoms with Crippen LogP contribution in [-0.2, 0) is 10.8 Å². The van der Waals surface area contributed by atoms with Gasteiger partial charge in [-0.1, -0.05) is 141 Å². The summed E-state index contributed by atoms with van der Waals surface area (Å²) in [5, 5.41) is 2.24. The fourth-order valence-corrected chi connectivity index (χ4v) is 11.4. The minimum absolute atomic E-state index is 0.114. The van der Waals surface area contributed by atoms with Crippen LogP contribution in [0.3, 0.4) is 0 Å². The highest BCUT2D eigenvalue weighted by atomic mass is 32.2. The third-order valence-corrected chi connectivity index (χ3v) is 13.7. The molecule has 0 N–H and O–H groups in total. The Balaban J connectivity index is 1.13. The van der Waals surface area contributed by atoms with Gasteiger partial charge in [0, 0.05) is 32.0 Å². The van der Waals surface area contributed by atoms with Crippen molar-refractivity contribution in [3.05, 3.63) is 209 Å². The number of anilines is 3. The molecule has 2 aliphatic carbocycles. The molecule has 2 nitrogen and oxygen atoms in total. The van der Waals surface area contributed by atoms with Gasteiger partial charge in [0.1, 0.15) is 11.2 Å².